The minimum absolute atomic E-state index is 0.0522. The van der Waals surface area contributed by atoms with Gasteiger partial charge in [-0.2, -0.15) is 18.4 Å². The summed E-state index contributed by atoms with van der Waals surface area (Å²) >= 11 is 0.209. The number of halogens is 3. The Balaban J connectivity index is 3.31. The first-order valence-electron chi connectivity index (χ1n) is 3.42. The molecule has 0 radical (unpaired) electrons. The van der Waals surface area contributed by atoms with E-state index in [1.54, 1.807) is 0 Å². The van der Waals surface area contributed by atoms with E-state index in [1.165, 1.54) is 12.1 Å². The molecule has 0 amide bonds. The topological polar surface area (TPSA) is 44.0 Å². The fourth-order valence-corrected chi connectivity index (χ4v) is 1.21. The Hall–Kier alpha value is -1.19. The maximum atomic E-state index is 12.3. The van der Waals surface area contributed by atoms with Crippen LogP contribution in [0.2, 0.25) is 0 Å². The molecule has 0 aromatic heterocycles. The van der Waals surface area contributed by atoms with Gasteiger partial charge in [-0.25, -0.2) is 0 Å². The molecular weight excluding hydrogens is 215 g/mol. The van der Waals surface area contributed by atoms with E-state index in [1.807, 2.05) is 0 Å². The lowest BCUT2D eigenvalue weighted by Gasteiger charge is -2.08. The van der Waals surface area contributed by atoms with Gasteiger partial charge < -0.3 is 4.55 Å². The van der Waals surface area contributed by atoms with Gasteiger partial charge in [0, 0.05) is 16.9 Å². The zero-order valence-electron chi connectivity index (χ0n) is 6.67. The van der Waals surface area contributed by atoms with E-state index < -0.39 is 17.3 Å². The molecule has 1 rings (SSSR count). The van der Waals surface area contributed by atoms with E-state index in [0.29, 0.717) is 0 Å². The molecule has 1 aromatic carbocycles. The third kappa shape index (κ3) is 2.19. The molecule has 0 heterocycles. The molecule has 0 aliphatic carbocycles. The van der Waals surface area contributed by atoms with Gasteiger partial charge in [0.15, 0.2) is 0 Å². The van der Waals surface area contributed by atoms with Crippen molar-refractivity contribution in [1.82, 2.24) is 0 Å². The summed E-state index contributed by atoms with van der Waals surface area (Å²) in [4.78, 5) is 0.0522. The third-order valence-electron chi connectivity index (χ3n) is 1.52. The fraction of sp³-hybridized carbons (Fsp3) is 0.125. The van der Waals surface area contributed by atoms with Crippen molar-refractivity contribution in [2.24, 2.45) is 0 Å². The Morgan fingerprint density at radius 1 is 1.36 bits per heavy atom. The maximum Gasteiger partial charge on any atom is 0.417 e. The Morgan fingerprint density at radius 3 is 2.43 bits per heavy atom. The van der Waals surface area contributed by atoms with Crippen molar-refractivity contribution >= 4 is 12.0 Å². The monoisotopic (exact) mass is 219 g/mol. The molecule has 0 aliphatic rings. The minimum Gasteiger partial charge on any atom is -0.325 e. The fourth-order valence-electron chi connectivity index (χ4n) is 0.912. The molecule has 0 fully saturated rings. The largest absolute Gasteiger partial charge is 0.417 e. The van der Waals surface area contributed by atoms with Gasteiger partial charge in [-0.15, -0.1) is 0 Å². The highest BCUT2D eigenvalue weighted by Crippen LogP contribution is 2.33. The van der Waals surface area contributed by atoms with Crippen molar-refractivity contribution in [3.8, 4) is 6.07 Å². The van der Waals surface area contributed by atoms with E-state index in [9.17, 15) is 13.2 Å². The second kappa shape index (κ2) is 3.90. The second-order valence-electron chi connectivity index (χ2n) is 2.41. The number of rotatable bonds is 1. The van der Waals surface area contributed by atoms with Gasteiger partial charge in [0.1, 0.15) is 0 Å². The van der Waals surface area contributed by atoms with E-state index in [4.69, 9.17) is 9.81 Å². The molecule has 6 heteroatoms. The van der Waals surface area contributed by atoms with E-state index in [-0.39, 0.29) is 16.9 Å². The summed E-state index contributed by atoms with van der Waals surface area (Å²) in [7, 11) is 0. The van der Waals surface area contributed by atoms with Gasteiger partial charge in [-0.3, -0.25) is 0 Å². The molecule has 74 valence electrons. The zero-order valence-corrected chi connectivity index (χ0v) is 7.49. The van der Waals surface area contributed by atoms with E-state index in [0.717, 1.165) is 12.1 Å². The highest BCUT2D eigenvalue weighted by molar-refractivity contribution is 7.93. The van der Waals surface area contributed by atoms with Crippen LogP contribution in [-0.2, 0) is 6.18 Å². The van der Waals surface area contributed by atoms with Crippen LogP contribution in [0, 0.1) is 11.3 Å². The molecule has 1 N–H and O–H groups in total. The molecule has 14 heavy (non-hydrogen) atoms. The van der Waals surface area contributed by atoms with Crippen LogP contribution in [0.4, 0.5) is 13.2 Å². The summed E-state index contributed by atoms with van der Waals surface area (Å²) in [5.41, 5.74) is -1.48. The van der Waals surface area contributed by atoms with Crippen LogP contribution >= 0.6 is 12.0 Å². The van der Waals surface area contributed by atoms with Gasteiger partial charge in [-0.1, -0.05) is 0 Å². The molecule has 2 nitrogen and oxygen atoms in total. The number of nitrogens with zero attached hydrogens (tertiary/aromatic N) is 1. The van der Waals surface area contributed by atoms with Crippen LogP contribution in [0.25, 0.3) is 0 Å². The summed E-state index contributed by atoms with van der Waals surface area (Å²) in [6.45, 7) is 0. The number of benzene rings is 1. The average Bonchev–Trinajstić information content (AvgIpc) is 2.15. The molecule has 0 bridgehead atoms. The normalized spacial score (nSPS) is 11.1. The van der Waals surface area contributed by atoms with Gasteiger partial charge >= 0.3 is 6.18 Å². The summed E-state index contributed by atoms with van der Waals surface area (Å²) in [6, 6.07) is 4.46. The van der Waals surface area contributed by atoms with Crippen molar-refractivity contribution in [3.63, 3.8) is 0 Å². The third-order valence-corrected chi connectivity index (χ3v) is 1.99. The molecule has 0 saturated heterocycles. The second-order valence-corrected chi connectivity index (χ2v) is 3.06. The van der Waals surface area contributed by atoms with E-state index >= 15 is 0 Å². The summed E-state index contributed by atoms with van der Waals surface area (Å²) in [5.74, 6) is 0. The van der Waals surface area contributed by atoms with Gasteiger partial charge in [0.05, 0.1) is 17.2 Å². The minimum atomic E-state index is -4.57. The van der Waals surface area contributed by atoms with Gasteiger partial charge in [-0.05, 0) is 18.2 Å². The van der Waals surface area contributed by atoms with Crippen LogP contribution in [0.1, 0.15) is 11.1 Å². The lowest BCUT2D eigenvalue weighted by molar-refractivity contribution is -0.137. The van der Waals surface area contributed by atoms with Crippen molar-refractivity contribution in [1.29, 1.82) is 5.26 Å². The Morgan fingerprint density at radius 2 is 2.00 bits per heavy atom. The van der Waals surface area contributed by atoms with Crippen LogP contribution in [0.3, 0.4) is 0 Å². The summed E-state index contributed by atoms with van der Waals surface area (Å²) in [5, 5.41) is 8.43. The first-order valence-corrected chi connectivity index (χ1v) is 4.19. The molecule has 0 spiro atoms. The first kappa shape index (κ1) is 10.9. The standard InChI is InChI=1S/C8H4F3NOS/c9-8(10,11)7-3-6(14-13)2-1-5(7)4-12/h1-3,13H. The smallest absolute Gasteiger partial charge is 0.325 e. The van der Waals surface area contributed by atoms with Crippen molar-refractivity contribution in [2.45, 2.75) is 11.1 Å². The van der Waals surface area contributed by atoms with Crippen LogP contribution in [-0.4, -0.2) is 4.55 Å². The molecule has 0 aliphatic heterocycles. The predicted octanol–water partition coefficient (Wildman–Crippen LogP) is 3.14. The number of alkyl halides is 3. The Bertz CT molecular complexity index is 383. The quantitative estimate of drug-likeness (QED) is 0.738. The number of nitriles is 1. The number of hydrogen-bond acceptors (Lipinski definition) is 3. The van der Waals surface area contributed by atoms with Crippen molar-refractivity contribution < 1.29 is 17.7 Å². The Kier molecular flexibility index (Phi) is 3.03. The summed E-state index contributed by atoms with van der Waals surface area (Å²) < 4.78 is 45.5. The van der Waals surface area contributed by atoms with E-state index in [2.05, 4.69) is 0 Å². The Labute approximate surface area is 82.2 Å². The predicted molar refractivity (Wildman–Crippen MR) is 44.6 cm³/mol. The number of hydrogen-bond donors (Lipinski definition) is 1. The SMILES string of the molecule is N#Cc1ccc(SO)cc1C(F)(F)F. The van der Waals surface area contributed by atoms with Gasteiger partial charge in [0.25, 0.3) is 0 Å². The molecular formula is C8H4F3NOS. The average molecular weight is 219 g/mol. The molecule has 0 atom stereocenters. The zero-order chi connectivity index (χ0) is 10.8. The van der Waals surface area contributed by atoms with Crippen molar-refractivity contribution in [3.05, 3.63) is 29.3 Å². The highest BCUT2D eigenvalue weighted by Gasteiger charge is 2.33. The maximum absolute atomic E-state index is 12.3. The highest BCUT2D eigenvalue weighted by atomic mass is 32.2. The lowest BCUT2D eigenvalue weighted by atomic mass is 10.1. The summed E-state index contributed by atoms with van der Waals surface area (Å²) in [6.07, 6.45) is -4.57. The van der Waals surface area contributed by atoms with Crippen LogP contribution in [0.5, 0.6) is 0 Å². The molecule has 0 unspecified atom stereocenters. The van der Waals surface area contributed by atoms with Gasteiger partial charge in [0.2, 0.25) is 0 Å². The molecule has 1 aromatic rings. The first-order chi connectivity index (χ1) is 6.49. The molecule has 0 saturated carbocycles. The lowest BCUT2D eigenvalue weighted by Crippen LogP contribution is -2.07. The van der Waals surface area contributed by atoms with Crippen LogP contribution in [0.15, 0.2) is 23.1 Å². The van der Waals surface area contributed by atoms with Crippen LogP contribution < -0.4 is 0 Å². The van der Waals surface area contributed by atoms with Crippen molar-refractivity contribution in [2.75, 3.05) is 0 Å².